The number of benzene rings is 1. The molecule has 1 atom stereocenters. The molecule has 32 heavy (non-hydrogen) atoms. The van der Waals surface area contributed by atoms with Gasteiger partial charge in [0.1, 0.15) is 11.8 Å². The molecule has 3 rings (SSSR count). The van der Waals surface area contributed by atoms with Crippen LogP contribution >= 0.6 is 11.6 Å². The van der Waals surface area contributed by atoms with E-state index in [1.807, 2.05) is 0 Å². The summed E-state index contributed by atoms with van der Waals surface area (Å²) in [6.07, 6.45) is -0.769. The van der Waals surface area contributed by atoms with E-state index in [0.29, 0.717) is 29.0 Å². The van der Waals surface area contributed by atoms with Gasteiger partial charge in [0, 0.05) is 23.2 Å². The second kappa shape index (κ2) is 9.86. The van der Waals surface area contributed by atoms with Gasteiger partial charge in [-0.05, 0) is 43.2 Å². The van der Waals surface area contributed by atoms with Crippen molar-refractivity contribution in [3.8, 4) is 17.1 Å². The third-order valence-electron chi connectivity index (χ3n) is 4.45. The summed E-state index contributed by atoms with van der Waals surface area (Å²) in [4.78, 5) is 28.7. The first-order valence-electron chi connectivity index (χ1n) is 9.41. The quantitative estimate of drug-likeness (QED) is 0.638. The maximum Gasteiger partial charge on any atom is 0.573 e. The van der Waals surface area contributed by atoms with Crippen LogP contribution < -0.4 is 15.4 Å². The van der Waals surface area contributed by atoms with Crippen LogP contribution in [0, 0.1) is 0 Å². The highest BCUT2D eigenvalue weighted by Crippen LogP contribution is 2.27. The van der Waals surface area contributed by atoms with E-state index >= 15 is 0 Å². The molecule has 0 radical (unpaired) electrons. The summed E-state index contributed by atoms with van der Waals surface area (Å²) in [7, 11) is 1.45. The van der Waals surface area contributed by atoms with E-state index in [1.54, 1.807) is 12.2 Å². The molecule has 2 N–H and O–H groups in total. The molecule has 2 aromatic rings. The van der Waals surface area contributed by atoms with E-state index in [1.165, 1.54) is 19.2 Å². The number of carbonyl (C=O) groups excluding carboxylic acids is 2. The lowest BCUT2D eigenvalue weighted by atomic mass is 10.0. The molecular formula is C20H18ClF3N4O4. The number of alkyl halides is 3. The molecule has 1 aliphatic rings. The Morgan fingerprint density at radius 2 is 1.94 bits per heavy atom. The van der Waals surface area contributed by atoms with Gasteiger partial charge in [0.25, 0.3) is 0 Å². The first-order valence-corrected chi connectivity index (χ1v) is 9.79. The van der Waals surface area contributed by atoms with Crippen molar-refractivity contribution in [1.82, 2.24) is 20.8 Å². The van der Waals surface area contributed by atoms with Gasteiger partial charge < -0.3 is 19.9 Å². The number of nitrogens with zero attached hydrogens (tertiary/aromatic N) is 2. The first kappa shape index (κ1) is 23.3. The number of halogens is 4. The Balaban J connectivity index is 1.78. The van der Waals surface area contributed by atoms with Crippen molar-refractivity contribution in [2.75, 3.05) is 7.05 Å². The van der Waals surface area contributed by atoms with Crippen molar-refractivity contribution in [3.63, 3.8) is 0 Å². The molecule has 0 spiro atoms. The lowest BCUT2D eigenvalue weighted by Gasteiger charge is -2.17. The minimum atomic E-state index is -4.80. The first-order chi connectivity index (χ1) is 15.1. The number of aromatic nitrogens is 2. The average molecular weight is 471 g/mol. The standard InChI is InChI=1S/C20H18ClF3N4O4/c1-25-16(29)10-15(26-18(30)12-2-6-13(21)7-3-12)19-27-17(28-32-19)11-4-8-14(9-5-11)31-20(22,23)24/h2,4-6,8-9,15H,3,7,10H2,1H3,(H,25,29)(H,26,30). The number of allylic oxidation sites excluding steroid dienone is 3. The highest BCUT2D eigenvalue weighted by atomic mass is 35.5. The summed E-state index contributed by atoms with van der Waals surface area (Å²) < 4.78 is 46.0. The Morgan fingerprint density at radius 1 is 1.22 bits per heavy atom. The summed E-state index contributed by atoms with van der Waals surface area (Å²) in [6, 6.07) is 3.95. The topological polar surface area (TPSA) is 106 Å². The fraction of sp³-hybridized carbons (Fsp3) is 0.300. The largest absolute Gasteiger partial charge is 0.573 e. The number of nitrogens with one attached hydrogen (secondary N) is 2. The minimum Gasteiger partial charge on any atom is -0.406 e. The Kier molecular flexibility index (Phi) is 7.18. The number of ether oxygens (including phenoxy) is 1. The van der Waals surface area contributed by atoms with Crippen LogP contribution in [-0.4, -0.2) is 35.4 Å². The van der Waals surface area contributed by atoms with Gasteiger partial charge in [0.2, 0.25) is 23.5 Å². The second-order valence-electron chi connectivity index (χ2n) is 6.74. The van der Waals surface area contributed by atoms with Gasteiger partial charge in [0.15, 0.2) is 0 Å². The Labute approximate surface area is 185 Å². The van der Waals surface area contributed by atoms with Crippen molar-refractivity contribution in [2.45, 2.75) is 31.7 Å². The van der Waals surface area contributed by atoms with E-state index in [9.17, 15) is 22.8 Å². The number of amides is 2. The summed E-state index contributed by atoms with van der Waals surface area (Å²) in [5.41, 5.74) is 0.839. The smallest absolute Gasteiger partial charge is 0.406 e. The molecule has 0 saturated heterocycles. The molecule has 0 bridgehead atoms. The summed E-state index contributed by atoms with van der Waals surface area (Å²) in [5, 5.41) is 9.60. The van der Waals surface area contributed by atoms with E-state index in [2.05, 4.69) is 25.5 Å². The number of hydrogen-bond acceptors (Lipinski definition) is 6. The molecule has 1 heterocycles. The van der Waals surface area contributed by atoms with Crippen LogP contribution in [0.1, 0.15) is 31.2 Å². The van der Waals surface area contributed by atoms with Gasteiger partial charge in [-0.15, -0.1) is 13.2 Å². The molecule has 1 aromatic heterocycles. The summed E-state index contributed by atoms with van der Waals surface area (Å²) >= 11 is 5.91. The average Bonchev–Trinajstić information content (AvgIpc) is 3.23. The van der Waals surface area contributed by atoms with Gasteiger partial charge in [-0.1, -0.05) is 22.8 Å². The van der Waals surface area contributed by atoms with Crippen LogP contribution in [0.25, 0.3) is 11.4 Å². The maximum absolute atomic E-state index is 12.6. The minimum absolute atomic E-state index is 0.0300. The van der Waals surface area contributed by atoms with Gasteiger partial charge in [-0.25, -0.2) is 0 Å². The van der Waals surface area contributed by atoms with Crippen LogP contribution in [0.2, 0.25) is 0 Å². The third-order valence-corrected chi connectivity index (χ3v) is 4.76. The predicted molar refractivity (Wildman–Crippen MR) is 107 cm³/mol. The van der Waals surface area contributed by atoms with E-state index in [-0.39, 0.29) is 24.0 Å². The molecular weight excluding hydrogens is 453 g/mol. The Morgan fingerprint density at radius 3 is 2.53 bits per heavy atom. The van der Waals surface area contributed by atoms with E-state index in [4.69, 9.17) is 16.1 Å². The van der Waals surface area contributed by atoms with Gasteiger partial charge in [-0.3, -0.25) is 9.59 Å². The summed E-state index contributed by atoms with van der Waals surface area (Å²) in [6.45, 7) is 0. The molecule has 8 nitrogen and oxygen atoms in total. The zero-order valence-corrected chi connectivity index (χ0v) is 17.5. The molecule has 1 aliphatic carbocycles. The lowest BCUT2D eigenvalue weighted by molar-refractivity contribution is -0.274. The zero-order chi connectivity index (χ0) is 23.3. The third kappa shape index (κ3) is 6.33. The van der Waals surface area contributed by atoms with Crippen LogP contribution in [0.5, 0.6) is 5.75 Å². The van der Waals surface area contributed by atoms with Gasteiger partial charge >= 0.3 is 6.36 Å². The van der Waals surface area contributed by atoms with E-state index in [0.717, 1.165) is 12.1 Å². The molecule has 0 fully saturated rings. The van der Waals surface area contributed by atoms with Crippen LogP contribution in [0.4, 0.5) is 13.2 Å². The van der Waals surface area contributed by atoms with Crippen LogP contribution in [0.3, 0.4) is 0 Å². The van der Waals surface area contributed by atoms with Crippen molar-refractivity contribution in [2.24, 2.45) is 0 Å². The van der Waals surface area contributed by atoms with Crippen molar-refractivity contribution >= 4 is 23.4 Å². The fourth-order valence-electron chi connectivity index (χ4n) is 2.84. The molecule has 170 valence electrons. The van der Waals surface area contributed by atoms with E-state index < -0.39 is 24.1 Å². The molecule has 0 aliphatic heterocycles. The molecule has 12 heteroatoms. The van der Waals surface area contributed by atoms with Crippen molar-refractivity contribution < 1.29 is 32.0 Å². The second-order valence-corrected chi connectivity index (χ2v) is 7.22. The highest BCUT2D eigenvalue weighted by molar-refractivity contribution is 6.29. The summed E-state index contributed by atoms with van der Waals surface area (Å²) in [5.74, 6) is -1.14. The highest BCUT2D eigenvalue weighted by Gasteiger charge is 2.31. The van der Waals surface area contributed by atoms with Gasteiger partial charge in [0.05, 0.1) is 6.42 Å². The fourth-order valence-corrected chi connectivity index (χ4v) is 3.00. The SMILES string of the molecule is CNC(=O)CC(NC(=O)C1=CC=C(Cl)CC1)c1nc(-c2ccc(OC(F)(F)F)cc2)no1. The Bertz CT molecular complexity index is 1050. The predicted octanol–water partition coefficient (Wildman–Crippen LogP) is 3.77. The number of rotatable bonds is 7. The van der Waals surface area contributed by atoms with Crippen molar-refractivity contribution in [3.05, 3.63) is 52.9 Å². The van der Waals surface area contributed by atoms with Gasteiger partial charge in [-0.2, -0.15) is 4.98 Å². The molecule has 2 amide bonds. The lowest BCUT2D eigenvalue weighted by Crippen LogP contribution is -2.34. The maximum atomic E-state index is 12.6. The molecule has 0 saturated carbocycles. The van der Waals surface area contributed by atoms with Crippen LogP contribution in [-0.2, 0) is 9.59 Å². The Hall–Kier alpha value is -3.34. The monoisotopic (exact) mass is 470 g/mol. The normalized spacial score (nSPS) is 14.8. The molecule has 1 aromatic carbocycles. The molecule has 1 unspecified atom stereocenters. The van der Waals surface area contributed by atoms with Crippen LogP contribution in [0.15, 0.2) is 51.5 Å². The van der Waals surface area contributed by atoms with Crippen molar-refractivity contribution in [1.29, 1.82) is 0 Å². The number of hydrogen-bond donors (Lipinski definition) is 2. The number of carbonyl (C=O) groups is 2. The zero-order valence-electron chi connectivity index (χ0n) is 16.7.